The van der Waals surface area contributed by atoms with Crippen molar-refractivity contribution in [2.75, 3.05) is 49.0 Å². The molecule has 0 aliphatic carbocycles. The van der Waals surface area contributed by atoms with Gasteiger partial charge in [-0.3, -0.25) is 0 Å². The quantitative estimate of drug-likeness (QED) is 0.692. The number of hydrogen-bond acceptors (Lipinski definition) is 7. The van der Waals surface area contributed by atoms with Crippen molar-refractivity contribution >= 4 is 21.5 Å². The van der Waals surface area contributed by atoms with Gasteiger partial charge in [-0.2, -0.15) is 0 Å². The summed E-state index contributed by atoms with van der Waals surface area (Å²) in [6, 6.07) is 11.6. The maximum absolute atomic E-state index is 11.9. The van der Waals surface area contributed by atoms with Crippen LogP contribution in [0.4, 0.5) is 11.6 Å². The van der Waals surface area contributed by atoms with Crippen molar-refractivity contribution in [2.45, 2.75) is 18.9 Å². The SMILES string of the molecule is COCCCNc1cc(N(C)C2CCS(=O)(=O)C2)nc(-c2ccccc2)n1. The first-order chi connectivity index (χ1) is 13.0. The normalized spacial score (nSPS) is 18.4. The van der Waals surface area contributed by atoms with E-state index < -0.39 is 9.84 Å². The van der Waals surface area contributed by atoms with Crippen LogP contribution >= 0.6 is 0 Å². The molecule has 146 valence electrons. The van der Waals surface area contributed by atoms with E-state index in [9.17, 15) is 8.42 Å². The van der Waals surface area contributed by atoms with E-state index in [1.807, 2.05) is 48.3 Å². The third kappa shape index (κ3) is 5.17. The Bertz CT molecular complexity index is 859. The maximum Gasteiger partial charge on any atom is 0.163 e. The van der Waals surface area contributed by atoms with Crippen LogP contribution in [0.3, 0.4) is 0 Å². The predicted octanol–water partition coefficient (Wildman–Crippen LogP) is 2.22. The molecule has 1 fully saturated rings. The Morgan fingerprint density at radius 2 is 2.04 bits per heavy atom. The van der Waals surface area contributed by atoms with Crippen molar-refractivity contribution in [3.05, 3.63) is 36.4 Å². The molecule has 0 spiro atoms. The van der Waals surface area contributed by atoms with Crippen molar-refractivity contribution in [1.82, 2.24) is 9.97 Å². The number of hydrogen-bond donors (Lipinski definition) is 1. The van der Waals surface area contributed by atoms with Crippen LogP contribution in [0.25, 0.3) is 11.4 Å². The highest BCUT2D eigenvalue weighted by atomic mass is 32.2. The van der Waals surface area contributed by atoms with E-state index in [2.05, 4.69) is 10.3 Å². The van der Waals surface area contributed by atoms with Gasteiger partial charge < -0.3 is 15.0 Å². The van der Waals surface area contributed by atoms with Crippen molar-refractivity contribution in [3.63, 3.8) is 0 Å². The number of ether oxygens (including phenoxy) is 1. The van der Waals surface area contributed by atoms with Crippen molar-refractivity contribution in [1.29, 1.82) is 0 Å². The van der Waals surface area contributed by atoms with Crippen LogP contribution in [0.2, 0.25) is 0 Å². The van der Waals surface area contributed by atoms with Gasteiger partial charge >= 0.3 is 0 Å². The van der Waals surface area contributed by atoms with Crippen LogP contribution < -0.4 is 10.2 Å². The Balaban J connectivity index is 1.87. The van der Waals surface area contributed by atoms with E-state index in [4.69, 9.17) is 9.72 Å². The van der Waals surface area contributed by atoms with Gasteiger partial charge in [-0.05, 0) is 12.8 Å². The van der Waals surface area contributed by atoms with Gasteiger partial charge in [-0.15, -0.1) is 0 Å². The van der Waals surface area contributed by atoms with E-state index in [0.29, 0.717) is 18.9 Å². The second-order valence-electron chi connectivity index (χ2n) is 6.74. The zero-order valence-corrected chi connectivity index (χ0v) is 16.6. The third-order valence-electron chi connectivity index (χ3n) is 4.69. The van der Waals surface area contributed by atoms with Crippen molar-refractivity contribution < 1.29 is 13.2 Å². The van der Waals surface area contributed by atoms with Crippen LogP contribution in [0, 0.1) is 0 Å². The lowest BCUT2D eigenvalue weighted by atomic mass is 10.2. The number of benzene rings is 1. The molecule has 0 radical (unpaired) electrons. The topological polar surface area (TPSA) is 84.4 Å². The van der Waals surface area contributed by atoms with Gasteiger partial charge in [0, 0.05) is 45.0 Å². The van der Waals surface area contributed by atoms with E-state index in [0.717, 1.165) is 30.2 Å². The summed E-state index contributed by atoms with van der Waals surface area (Å²) in [5, 5.41) is 3.32. The predicted molar refractivity (Wildman–Crippen MR) is 108 cm³/mol. The molecule has 0 bridgehead atoms. The molecular formula is C19H26N4O3S. The molecule has 1 aliphatic heterocycles. The Kier molecular flexibility index (Phi) is 6.28. The van der Waals surface area contributed by atoms with Crippen molar-refractivity contribution in [2.24, 2.45) is 0 Å². The summed E-state index contributed by atoms with van der Waals surface area (Å²) in [6.07, 6.45) is 1.49. The Morgan fingerprint density at radius 3 is 2.70 bits per heavy atom. The molecule has 1 atom stereocenters. The minimum absolute atomic E-state index is 0.0603. The van der Waals surface area contributed by atoms with E-state index in [1.54, 1.807) is 7.11 Å². The van der Waals surface area contributed by atoms with Crippen LogP contribution in [-0.4, -0.2) is 63.2 Å². The first kappa shape index (κ1) is 19.6. The minimum Gasteiger partial charge on any atom is -0.385 e. The average molecular weight is 391 g/mol. The monoisotopic (exact) mass is 390 g/mol. The Labute approximate surface area is 160 Å². The number of nitrogens with zero attached hydrogens (tertiary/aromatic N) is 3. The van der Waals surface area contributed by atoms with E-state index >= 15 is 0 Å². The smallest absolute Gasteiger partial charge is 0.163 e. The summed E-state index contributed by atoms with van der Waals surface area (Å²) in [5.41, 5.74) is 0.923. The minimum atomic E-state index is -2.96. The fourth-order valence-corrected chi connectivity index (χ4v) is 4.90. The van der Waals surface area contributed by atoms with Gasteiger partial charge in [0.1, 0.15) is 11.6 Å². The summed E-state index contributed by atoms with van der Waals surface area (Å²) in [5.74, 6) is 2.48. The molecule has 1 unspecified atom stereocenters. The van der Waals surface area contributed by atoms with E-state index in [1.165, 1.54) is 0 Å². The lowest BCUT2D eigenvalue weighted by molar-refractivity contribution is 0.198. The highest BCUT2D eigenvalue weighted by Crippen LogP contribution is 2.26. The van der Waals surface area contributed by atoms with Crippen molar-refractivity contribution in [3.8, 4) is 11.4 Å². The largest absolute Gasteiger partial charge is 0.385 e. The molecule has 0 saturated carbocycles. The summed E-state index contributed by atoms with van der Waals surface area (Å²) in [6.45, 7) is 1.41. The van der Waals surface area contributed by atoms with E-state index in [-0.39, 0.29) is 17.5 Å². The van der Waals surface area contributed by atoms with Crippen LogP contribution in [0.15, 0.2) is 36.4 Å². The standard InChI is InChI=1S/C19H26N4O3S/c1-23(16-9-12-27(24,25)14-16)18-13-17(20-10-6-11-26-2)21-19(22-18)15-7-4-3-5-8-15/h3-5,7-8,13,16H,6,9-12,14H2,1-2H3,(H,20,21,22). The number of sulfone groups is 1. The molecule has 0 amide bonds. The summed E-state index contributed by atoms with van der Waals surface area (Å²) in [7, 11) is 0.626. The van der Waals surface area contributed by atoms with Crippen LogP contribution in [0.5, 0.6) is 0 Å². The molecule has 1 saturated heterocycles. The molecule has 7 nitrogen and oxygen atoms in total. The number of rotatable bonds is 8. The molecule has 2 aromatic rings. The van der Waals surface area contributed by atoms with Gasteiger partial charge in [0.2, 0.25) is 0 Å². The number of nitrogens with one attached hydrogen (secondary N) is 1. The second-order valence-corrected chi connectivity index (χ2v) is 8.97. The average Bonchev–Trinajstić information content (AvgIpc) is 3.05. The van der Waals surface area contributed by atoms with Crippen LogP contribution in [0.1, 0.15) is 12.8 Å². The molecule has 2 heterocycles. The molecule has 1 N–H and O–H groups in total. The lowest BCUT2D eigenvalue weighted by Crippen LogP contribution is -2.33. The molecule has 3 rings (SSSR count). The van der Waals surface area contributed by atoms with Gasteiger partial charge in [-0.1, -0.05) is 30.3 Å². The fraction of sp³-hybridized carbons (Fsp3) is 0.474. The third-order valence-corrected chi connectivity index (χ3v) is 6.44. The van der Waals surface area contributed by atoms with Crippen LogP contribution in [-0.2, 0) is 14.6 Å². The van der Waals surface area contributed by atoms with Gasteiger partial charge in [0.25, 0.3) is 0 Å². The summed E-state index contributed by atoms with van der Waals surface area (Å²) < 4.78 is 28.8. The zero-order valence-electron chi connectivity index (χ0n) is 15.8. The zero-order chi connectivity index (χ0) is 19.3. The number of anilines is 2. The summed E-state index contributed by atoms with van der Waals surface area (Å²) in [4.78, 5) is 11.3. The molecular weight excluding hydrogens is 364 g/mol. The summed E-state index contributed by atoms with van der Waals surface area (Å²) >= 11 is 0. The molecule has 8 heteroatoms. The molecule has 1 aromatic carbocycles. The Hall–Kier alpha value is -2.19. The Morgan fingerprint density at radius 1 is 1.26 bits per heavy atom. The first-order valence-electron chi connectivity index (χ1n) is 9.09. The highest BCUT2D eigenvalue weighted by Gasteiger charge is 2.31. The van der Waals surface area contributed by atoms with Gasteiger partial charge in [-0.25, -0.2) is 18.4 Å². The lowest BCUT2D eigenvalue weighted by Gasteiger charge is -2.25. The van der Waals surface area contributed by atoms with Gasteiger partial charge in [0.05, 0.1) is 11.5 Å². The maximum atomic E-state index is 11.9. The number of aromatic nitrogens is 2. The fourth-order valence-electron chi connectivity index (χ4n) is 3.12. The second kappa shape index (κ2) is 8.67. The molecule has 27 heavy (non-hydrogen) atoms. The highest BCUT2D eigenvalue weighted by molar-refractivity contribution is 7.91. The molecule has 1 aliphatic rings. The first-order valence-corrected chi connectivity index (χ1v) is 10.9. The van der Waals surface area contributed by atoms with Gasteiger partial charge in [0.15, 0.2) is 15.7 Å². The molecule has 1 aromatic heterocycles. The number of methoxy groups -OCH3 is 1.